The second-order valence-electron chi connectivity index (χ2n) is 6.61. The fraction of sp³-hybridized carbons (Fsp3) is 0.286. The van der Waals surface area contributed by atoms with Crippen molar-refractivity contribution < 1.29 is 54.9 Å². The van der Waals surface area contributed by atoms with Gasteiger partial charge in [-0.25, -0.2) is 19.3 Å². The van der Waals surface area contributed by atoms with Gasteiger partial charge in [0.1, 0.15) is 12.7 Å². The maximum Gasteiger partial charge on any atom is 2.00 e. The third-order valence-electron chi connectivity index (χ3n) is 4.54. The minimum absolute atomic E-state index is 0. The second-order valence-corrected chi connectivity index (χ2v) is 6.61. The van der Waals surface area contributed by atoms with Crippen LogP contribution in [0.3, 0.4) is 0 Å². The average molecular weight is 567 g/mol. The Bertz CT molecular complexity index is 1180. The van der Waals surface area contributed by atoms with Gasteiger partial charge in [0, 0.05) is 30.5 Å². The summed E-state index contributed by atoms with van der Waals surface area (Å²) < 4.78 is 10.5. The number of carbonyl (C=O) groups excluding carboxylic acids is 1. The Labute approximate surface area is 208 Å². The number of esters is 1. The fourth-order valence-corrected chi connectivity index (χ4v) is 2.92. The van der Waals surface area contributed by atoms with Crippen LogP contribution in [0, 0.1) is 17.0 Å². The van der Waals surface area contributed by atoms with E-state index in [2.05, 4.69) is 19.4 Å². The number of nitrogens with zero attached hydrogens (tertiary/aromatic N) is 4. The molecule has 2 heterocycles. The molecule has 0 spiro atoms. The third kappa shape index (κ3) is 6.98. The SMILES string of the molecule is COC(=O)C(Cc1ccc2cccc([OH2+])c2n1)=C([O-])OC.Cc1ncc([N+](=O)[O-])n1CCO.[Pd+2]. The van der Waals surface area contributed by atoms with Crippen LogP contribution >= 0.6 is 0 Å². The number of nitro groups is 1. The molecule has 1 aromatic carbocycles. The predicted octanol–water partition coefficient (Wildman–Crippen LogP) is 0.696. The zero-order chi connectivity index (χ0) is 24.5. The summed E-state index contributed by atoms with van der Waals surface area (Å²) in [5.74, 6) is -0.754. The van der Waals surface area contributed by atoms with E-state index in [9.17, 15) is 20.0 Å². The Balaban J connectivity index is 0.000000380. The number of benzene rings is 1. The normalized spacial score (nSPS) is 10.9. The van der Waals surface area contributed by atoms with Gasteiger partial charge in [-0.1, -0.05) is 18.2 Å². The van der Waals surface area contributed by atoms with Gasteiger partial charge in [-0.2, -0.15) is 0 Å². The van der Waals surface area contributed by atoms with Crippen molar-refractivity contribution in [1.29, 1.82) is 0 Å². The molecule has 0 saturated carbocycles. The van der Waals surface area contributed by atoms with Crippen molar-refractivity contribution in [2.24, 2.45) is 0 Å². The molecular formula is C21H24N4O8Pd+2. The number of pyridine rings is 1. The van der Waals surface area contributed by atoms with Gasteiger partial charge in [0.2, 0.25) is 0 Å². The van der Waals surface area contributed by atoms with E-state index in [-0.39, 0.29) is 57.1 Å². The van der Waals surface area contributed by atoms with Crippen molar-refractivity contribution in [2.75, 3.05) is 20.8 Å². The van der Waals surface area contributed by atoms with E-state index in [1.807, 2.05) is 6.07 Å². The number of rotatable bonds is 7. The van der Waals surface area contributed by atoms with E-state index in [1.54, 1.807) is 31.2 Å². The van der Waals surface area contributed by atoms with Crippen LogP contribution < -0.4 is 5.11 Å². The smallest absolute Gasteiger partial charge is 0.616 e. The number of aryl methyl sites for hydroxylation is 1. The van der Waals surface area contributed by atoms with Crippen LogP contribution in [0.4, 0.5) is 5.82 Å². The van der Waals surface area contributed by atoms with E-state index < -0.39 is 16.8 Å². The van der Waals surface area contributed by atoms with Crippen LogP contribution in [-0.4, -0.2) is 56.5 Å². The van der Waals surface area contributed by atoms with Crippen molar-refractivity contribution >= 4 is 22.7 Å². The first kappa shape index (κ1) is 28.5. The molecular weight excluding hydrogens is 543 g/mol. The Morgan fingerprint density at radius 2 is 1.94 bits per heavy atom. The zero-order valence-electron chi connectivity index (χ0n) is 18.6. The summed E-state index contributed by atoms with van der Waals surface area (Å²) in [7, 11) is 2.39. The number of ether oxygens (including phenoxy) is 2. The molecule has 0 atom stereocenters. The van der Waals surface area contributed by atoms with E-state index >= 15 is 0 Å². The Morgan fingerprint density at radius 1 is 1.24 bits per heavy atom. The molecule has 0 amide bonds. The molecule has 3 aromatic rings. The molecule has 12 nitrogen and oxygen atoms in total. The van der Waals surface area contributed by atoms with Crippen molar-refractivity contribution in [1.82, 2.24) is 14.5 Å². The van der Waals surface area contributed by atoms with Gasteiger partial charge in [-0.15, -0.1) is 0 Å². The van der Waals surface area contributed by atoms with Gasteiger partial charge in [-0.05, 0) is 18.1 Å². The van der Waals surface area contributed by atoms with Crippen LogP contribution in [-0.2, 0) is 47.7 Å². The minimum atomic E-state index is -0.747. The molecule has 0 aliphatic carbocycles. The molecule has 0 saturated heterocycles. The summed E-state index contributed by atoms with van der Waals surface area (Å²) in [5.41, 5.74) is 0.881. The van der Waals surface area contributed by atoms with Crippen LogP contribution in [0.5, 0.6) is 5.75 Å². The molecule has 0 radical (unpaired) electrons. The summed E-state index contributed by atoms with van der Waals surface area (Å²) in [5, 5.41) is 39.2. The molecule has 184 valence electrons. The Kier molecular flexibility index (Phi) is 11.1. The number of methoxy groups -OCH3 is 2. The van der Waals surface area contributed by atoms with Crippen molar-refractivity contribution in [3.8, 4) is 5.75 Å². The van der Waals surface area contributed by atoms with Crippen LogP contribution in [0.15, 0.2) is 48.0 Å². The van der Waals surface area contributed by atoms with E-state index in [0.717, 1.165) is 5.39 Å². The molecule has 2 aromatic heterocycles. The number of para-hydroxylation sites is 1. The van der Waals surface area contributed by atoms with Gasteiger partial charge in [0.25, 0.3) is 5.75 Å². The summed E-state index contributed by atoms with van der Waals surface area (Å²) in [6, 6.07) is 8.74. The number of hydrogen-bond donors (Lipinski definition) is 1. The number of imidazole rings is 1. The molecule has 3 N–H and O–H groups in total. The largest absolute Gasteiger partial charge is 2.00 e. The standard InChI is InChI=1S/C15H15NO5.C6H9N3O3.Pd/c1-20-14(18)11(15(19)21-2)8-10-7-6-9-4-3-5-12(17)13(9)16-10;1-5-7-4-6(9(11)12)8(5)2-3-10;/h3-7,17-18H,8H2,1-2H3;4,10H,2-3H2,1H3;/q;;+2. The number of fused-ring (bicyclic) bond motifs is 1. The van der Waals surface area contributed by atoms with Crippen LogP contribution in [0.25, 0.3) is 10.9 Å². The van der Waals surface area contributed by atoms with Gasteiger partial charge >= 0.3 is 32.2 Å². The molecule has 0 fully saturated rings. The predicted molar refractivity (Wildman–Crippen MR) is 115 cm³/mol. The summed E-state index contributed by atoms with van der Waals surface area (Å²) in [6.07, 6.45) is 1.18. The molecule has 0 aliphatic rings. The molecule has 0 bridgehead atoms. The quantitative estimate of drug-likeness (QED) is 0.0820. The second kappa shape index (κ2) is 13.2. The topological polar surface area (TPSA) is 176 Å². The first-order valence-corrected chi connectivity index (χ1v) is 9.63. The molecule has 0 unspecified atom stereocenters. The summed E-state index contributed by atoms with van der Waals surface area (Å²) in [6.45, 7) is 1.74. The fourth-order valence-electron chi connectivity index (χ4n) is 2.92. The first-order valence-electron chi connectivity index (χ1n) is 9.63. The maximum atomic E-state index is 11.6. The van der Waals surface area contributed by atoms with Gasteiger partial charge in [0.15, 0.2) is 11.3 Å². The van der Waals surface area contributed by atoms with Gasteiger partial charge in [-0.3, -0.25) is 0 Å². The minimum Gasteiger partial charge on any atom is -0.616 e. The third-order valence-corrected chi connectivity index (χ3v) is 4.54. The first-order chi connectivity index (χ1) is 15.7. The molecule has 34 heavy (non-hydrogen) atoms. The van der Waals surface area contributed by atoms with Gasteiger partial charge < -0.3 is 34.9 Å². The molecule has 0 aliphatic heterocycles. The van der Waals surface area contributed by atoms with E-state index in [4.69, 9.17) is 10.2 Å². The van der Waals surface area contributed by atoms with Crippen molar-refractivity contribution in [3.05, 3.63) is 69.7 Å². The number of aromatic nitrogens is 3. The maximum absolute atomic E-state index is 11.6. The van der Waals surface area contributed by atoms with Crippen LogP contribution in [0.2, 0.25) is 0 Å². The van der Waals surface area contributed by atoms with Crippen molar-refractivity contribution in [2.45, 2.75) is 19.9 Å². The molecule has 13 heteroatoms. The van der Waals surface area contributed by atoms with Crippen LogP contribution in [0.1, 0.15) is 11.5 Å². The summed E-state index contributed by atoms with van der Waals surface area (Å²) >= 11 is 0. The number of aliphatic hydroxyl groups excluding tert-OH is 1. The monoisotopic (exact) mass is 566 g/mol. The van der Waals surface area contributed by atoms with E-state index in [0.29, 0.717) is 17.0 Å². The van der Waals surface area contributed by atoms with Crippen molar-refractivity contribution in [3.63, 3.8) is 0 Å². The van der Waals surface area contributed by atoms with Gasteiger partial charge in [0.05, 0.1) is 25.2 Å². The Hall–Kier alpha value is -3.53. The Morgan fingerprint density at radius 3 is 2.53 bits per heavy atom. The van der Waals surface area contributed by atoms with E-state index in [1.165, 1.54) is 25.0 Å². The number of hydrogen-bond acceptors (Lipinski definition) is 9. The zero-order valence-corrected chi connectivity index (χ0v) is 20.1. The number of carbonyl (C=O) groups is 1. The summed E-state index contributed by atoms with van der Waals surface area (Å²) in [4.78, 5) is 29.6. The number of aliphatic hydroxyl groups is 1. The average Bonchev–Trinajstić information content (AvgIpc) is 3.18. The molecule has 3 rings (SSSR count).